The summed E-state index contributed by atoms with van der Waals surface area (Å²) in [4.78, 5) is 26.1. The fourth-order valence-electron chi connectivity index (χ4n) is 2.71. The lowest BCUT2D eigenvalue weighted by molar-refractivity contribution is -0.135. The number of fused-ring (bicyclic) bond motifs is 1. The molecule has 2 aromatic carbocycles. The van der Waals surface area contributed by atoms with Crippen LogP contribution in [-0.4, -0.2) is 29.9 Å². The number of carbonyl (C=O) groups excluding carboxylic acids is 2. The molecule has 3 rings (SSSR count). The lowest BCUT2D eigenvalue weighted by Crippen LogP contribution is -2.38. The minimum atomic E-state index is -0.598. The summed E-state index contributed by atoms with van der Waals surface area (Å²) in [6, 6.07) is 13.0. The van der Waals surface area contributed by atoms with Crippen LogP contribution in [0.25, 0.3) is 0 Å². The number of hydrogen-bond donors (Lipinski definition) is 1. The van der Waals surface area contributed by atoms with E-state index in [0.29, 0.717) is 18.8 Å². The molecule has 124 valence electrons. The zero-order valence-electron chi connectivity index (χ0n) is 13.0. The Labute approximate surface area is 148 Å². The van der Waals surface area contributed by atoms with Crippen molar-refractivity contribution in [2.24, 2.45) is 0 Å². The van der Waals surface area contributed by atoms with E-state index in [9.17, 15) is 9.59 Å². The molecule has 24 heavy (non-hydrogen) atoms. The van der Waals surface area contributed by atoms with Crippen molar-refractivity contribution >= 4 is 33.5 Å². The van der Waals surface area contributed by atoms with Gasteiger partial charge < -0.3 is 15.4 Å². The Morgan fingerprint density at radius 2 is 1.92 bits per heavy atom. The van der Waals surface area contributed by atoms with E-state index < -0.39 is 5.97 Å². The van der Waals surface area contributed by atoms with Crippen LogP contribution in [0.2, 0.25) is 0 Å². The third kappa shape index (κ3) is 3.59. The number of benzene rings is 2. The molecule has 0 aliphatic carbocycles. The Kier molecular flexibility index (Phi) is 4.85. The minimum absolute atomic E-state index is 0.202. The molecule has 0 aromatic heterocycles. The molecule has 0 saturated heterocycles. The lowest BCUT2D eigenvalue weighted by atomic mass is 10.00. The molecule has 0 bridgehead atoms. The van der Waals surface area contributed by atoms with Crippen molar-refractivity contribution in [2.45, 2.75) is 13.0 Å². The summed E-state index contributed by atoms with van der Waals surface area (Å²) in [5.41, 5.74) is 8.75. The second-order valence-electron chi connectivity index (χ2n) is 5.64. The van der Waals surface area contributed by atoms with Crippen LogP contribution in [0.1, 0.15) is 21.5 Å². The van der Waals surface area contributed by atoms with E-state index in [4.69, 9.17) is 10.5 Å². The first kappa shape index (κ1) is 16.5. The van der Waals surface area contributed by atoms with Gasteiger partial charge in [0.05, 0.1) is 5.56 Å². The number of rotatable bonds is 3. The Morgan fingerprint density at radius 1 is 1.17 bits per heavy atom. The van der Waals surface area contributed by atoms with E-state index in [0.717, 1.165) is 16.5 Å². The van der Waals surface area contributed by atoms with Crippen LogP contribution >= 0.6 is 15.9 Å². The number of hydrogen-bond acceptors (Lipinski definition) is 4. The molecular formula is C18H17BrN2O3. The van der Waals surface area contributed by atoms with E-state index in [1.54, 1.807) is 23.1 Å². The van der Waals surface area contributed by atoms with Crippen LogP contribution in [0, 0.1) is 0 Å². The van der Waals surface area contributed by atoms with Crippen LogP contribution in [-0.2, 0) is 22.5 Å². The third-order valence-electron chi connectivity index (χ3n) is 4.05. The molecule has 1 heterocycles. The largest absolute Gasteiger partial charge is 0.452 e. The summed E-state index contributed by atoms with van der Waals surface area (Å²) in [5, 5.41) is 0. The first-order chi connectivity index (χ1) is 11.5. The fraction of sp³-hybridized carbons (Fsp3) is 0.222. The van der Waals surface area contributed by atoms with Crippen molar-refractivity contribution < 1.29 is 14.3 Å². The van der Waals surface area contributed by atoms with Crippen molar-refractivity contribution in [1.82, 2.24) is 4.90 Å². The number of amides is 1. The smallest absolute Gasteiger partial charge is 0.340 e. The number of anilines is 1. The second-order valence-corrected chi connectivity index (χ2v) is 6.56. The van der Waals surface area contributed by atoms with Gasteiger partial charge in [-0.05, 0) is 35.7 Å². The predicted octanol–water partition coefficient (Wildman–Crippen LogP) is 2.77. The Bertz CT molecular complexity index is 792. The Morgan fingerprint density at radius 3 is 2.71 bits per heavy atom. The fourth-order valence-corrected chi connectivity index (χ4v) is 3.07. The average molecular weight is 389 g/mol. The molecule has 1 aliphatic rings. The zero-order chi connectivity index (χ0) is 17.1. The summed E-state index contributed by atoms with van der Waals surface area (Å²) < 4.78 is 5.86. The molecule has 5 nitrogen and oxygen atoms in total. The maximum Gasteiger partial charge on any atom is 0.340 e. The SMILES string of the molecule is Nc1ccc(Br)cc1C(=O)OCC(=O)N1CCc2ccccc2C1. The normalized spacial score (nSPS) is 13.3. The van der Waals surface area contributed by atoms with Gasteiger partial charge >= 0.3 is 5.97 Å². The van der Waals surface area contributed by atoms with Crippen molar-refractivity contribution in [3.63, 3.8) is 0 Å². The summed E-state index contributed by atoms with van der Waals surface area (Å²) >= 11 is 3.28. The van der Waals surface area contributed by atoms with Gasteiger partial charge in [-0.25, -0.2) is 4.79 Å². The number of nitrogen functional groups attached to an aromatic ring is 1. The highest BCUT2D eigenvalue weighted by atomic mass is 79.9. The highest BCUT2D eigenvalue weighted by Crippen LogP contribution is 2.20. The molecular weight excluding hydrogens is 372 g/mol. The highest BCUT2D eigenvalue weighted by molar-refractivity contribution is 9.10. The van der Waals surface area contributed by atoms with Gasteiger partial charge in [0.25, 0.3) is 5.91 Å². The number of carbonyl (C=O) groups is 2. The molecule has 0 radical (unpaired) electrons. The molecule has 6 heteroatoms. The molecule has 1 aliphatic heterocycles. The van der Waals surface area contributed by atoms with Crippen LogP contribution in [0.5, 0.6) is 0 Å². The van der Waals surface area contributed by atoms with Crippen molar-refractivity contribution in [3.8, 4) is 0 Å². The molecule has 0 saturated carbocycles. The quantitative estimate of drug-likeness (QED) is 0.647. The number of halogens is 1. The molecule has 1 amide bonds. The predicted molar refractivity (Wildman–Crippen MR) is 94.4 cm³/mol. The van der Waals surface area contributed by atoms with Gasteiger partial charge in [-0.1, -0.05) is 40.2 Å². The highest BCUT2D eigenvalue weighted by Gasteiger charge is 2.22. The summed E-state index contributed by atoms with van der Waals surface area (Å²) in [6.07, 6.45) is 0.814. The van der Waals surface area contributed by atoms with Crippen molar-refractivity contribution in [1.29, 1.82) is 0 Å². The van der Waals surface area contributed by atoms with Gasteiger partial charge in [-0.15, -0.1) is 0 Å². The van der Waals surface area contributed by atoms with Crippen LogP contribution in [0.15, 0.2) is 46.9 Å². The first-order valence-electron chi connectivity index (χ1n) is 7.61. The third-order valence-corrected chi connectivity index (χ3v) is 4.54. The Balaban J connectivity index is 1.60. The molecule has 2 N–H and O–H groups in total. The summed E-state index contributed by atoms with van der Waals surface area (Å²) in [6.45, 7) is 0.894. The minimum Gasteiger partial charge on any atom is -0.452 e. The zero-order valence-corrected chi connectivity index (χ0v) is 14.6. The monoisotopic (exact) mass is 388 g/mol. The van der Waals surface area contributed by atoms with Gasteiger partial charge in [0.2, 0.25) is 0 Å². The summed E-state index contributed by atoms with van der Waals surface area (Å²) in [5.74, 6) is -0.800. The molecule has 2 aromatic rings. The molecule has 0 fully saturated rings. The van der Waals surface area contributed by atoms with Gasteiger partial charge in [-0.2, -0.15) is 0 Å². The van der Waals surface area contributed by atoms with Crippen molar-refractivity contribution in [3.05, 3.63) is 63.6 Å². The Hall–Kier alpha value is -2.34. The van der Waals surface area contributed by atoms with Crippen LogP contribution < -0.4 is 5.73 Å². The van der Waals surface area contributed by atoms with Gasteiger partial charge in [0.15, 0.2) is 6.61 Å². The average Bonchev–Trinajstić information content (AvgIpc) is 2.61. The first-order valence-corrected chi connectivity index (χ1v) is 8.40. The number of ether oxygens (including phenoxy) is 1. The number of nitrogens with two attached hydrogens (primary N) is 1. The lowest BCUT2D eigenvalue weighted by Gasteiger charge is -2.28. The van der Waals surface area contributed by atoms with Gasteiger partial charge in [-0.3, -0.25) is 4.79 Å². The van der Waals surface area contributed by atoms with E-state index in [2.05, 4.69) is 22.0 Å². The molecule has 0 unspecified atom stereocenters. The second kappa shape index (κ2) is 7.05. The number of esters is 1. The van der Waals surface area contributed by atoms with Crippen LogP contribution in [0.3, 0.4) is 0 Å². The molecule has 0 atom stereocenters. The van der Waals surface area contributed by atoms with Gasteiger partial charge in [0, 0.05) is 23.2 Å². The van der Waals surface area contributed by atoms with Crippen molar-refractivity contribution in [2.75, 3.05) is 18.9 Å². The van der Waals surface area contributed by atoms with E-state index >= 15 is 0 Å². The topological polar surface area (TPSA) is 72.6 Å². The standard InChI is InChI=1S/C18H17BrN2O3/c19-14-5-6-16(20)15(9-14)18(23)24-11-17(22)21-8-7-12-3-1-2-4-13(12)10-21/h1-6,9H,7-8,10-11,20H2. The molecule has 0 spiro atoms. The van der Waals surface area contributed by atoms with E-state index in [-0.39, 0.29) is 18.1 Å². The van der Waals surface area contributed by atoms with Gasteiger partial charge in [0.1, 0.15) is 0 Å². The maximum atomic E-state index is 12.3. The summed E-state index contributed by atoms with van der Waals surface area (Å²) in [7, 11) is 0. The van der Waals surface area contributed by atoms with Crippen LogP contribution in [0.4, 0.5) is 5.69 Å². The maximum absolute atomic E-state index is 12.3. The van der Waals surface area contributed by atoms with E-state index in [1.807, 2.05) is 18.2 Å². The van der Waals surface area contributed by atoms with E-state index in [1.165, 1.54) is 5.56 Å². The number of nitrogens with zero attached hydrogens (tertiary/aromatic N) is 1.